The van der Waals surface area contributed by atoms with Crippen LogP contribution < -0.4 is 19.5 Å². The van der Waals surface area contributed by atoms with Crippen LogP contribution in [0.25, 0.3) is 0 Å². The van der Waals surface area contributed by atoms with Crippen LogP contribution in [-0.2, 0) is 6.54 Å². The highest BCUT2D eigenvalue weighted by atomic mass is 16.7. The van der Waals surface area contributed by atoms with Crippen molar-refractivity contribution in [1.82, 2.24) is 10.2 Å². The number of likely N-dealkylation sites (N-methyl/N-ethyl adjacent to an activating group) is 1. The van der Waals surface area contributed by atoms with Crippen molar-refractivity contribution in [3.63, 3.8) is 0 Å². The summed E-state index contributed by atoms with van der Waals surface area (Å²) in [6, 6.07) is 4.02. The largest absolute Gasteiger partial charge is 0.493 e. The van der Waals surface area contributed by atoms with Crippen molar-refractivity contribution in [3.05, 3.63) is 17.7 Å². The molecule has 5 nitrogen and oxygen atoms in total. The van der Waals surface area contributed by atoms with Gasteiger partial charge in [0.25, 0.3) is 0 Å². The average molecular weight is 294 g/mol. The highest BCUT2D eigenvalue weighted by Gasteiger charge is 2.19. The number of methoxy groups -OCH3 is 1. The van der Waals surface area contributed by atoms with Crippen LogP contribution in [0.5, 0.6) is 17.2 Å². The van der Waals surface area contributed by atoms with Crippen LogP contribution in [0.3, 0.4) is 0 Å². The fourth-order valence-electron chi connectivity index (χ4n) is 2.50. The fourth-order valence-corrected chi connectivity index (χ4v) is 2.50. The molecule has 1 aromatic rings. The molecule has 2 rings (SSSR count). The van der Waals surface area contributed by atoms with Crippen molar-refractivity contribution >= 4 is 0 Å². The van der Waals surface area contributed by atoms with Crippen molar-refractivity contribution in [2.45, 2.75) is 26.8 Å². The van der Waals surface area contributed by atoms with Gasteiger partial charge in [0.1, 0.15) is 0 Å². The Morgan fingerprint density at radius 2 is 2.10 bits per heavy atom. The average Bonchev–Trinajstić information content (AvgIpc) is 2.97. The van der Waals surface area contributed by atoms with Gasteiger partial charge in [-0.25, -0.2) is 0 Å². The van der Waals surface area contributed by atoms with Gasteiger partial charge < -0.3 is 24.4 Å². The minimum Gasteiger partial charge on any atom is -0.493 e. The first-order valence-corrected chi connectivity index (χ1v) is 7.68. The molecule has 1 aliphatic heterocycles. The molecule has 0 amide bonds. The summed E-state index contributed by atoms with van der Waals surface area (Å²) < 4.78 is 16.2. The van der Waals surface area contributed by atoms with Gasteiger partial charge in [-0.3, -0.25) is 0 Å². The van der Waals surface area contributed by atoms with Crippen LogP contribution in [0.4, 0.5) is 0 Å². The first-order valence-electron chi connectivity index (χ1n) is 7.68. The van der Waals surface area contributed by atoms with Crippen molar-refractivity contribution in [3.8, 4) is 17.2 Å². The van der Waals surface area contributed by atoms with E-state index >= 15 is 0 Å². The normalized spacial score (nSPS) is 13.0. The molecule has 1 aliphatic rings. The molecule has 0 fully saturated rings. The summed E-state index contributed by atoms with van der Waals surface area (Å²) in [5.41, 5.74) is 1.15. The van der Waals surface area contributed by atoms with Crippen molar-refractivity contribution in [1.29, 1.82) is 0 Å². The zero-order chi connectivity index (χ0) is 15.1. The van der Waals surface area contributed by atoms with Gasteiger partial charge in [-0.1, -0.05) is 13.8 Å². The van der Waals surface area contributed by atoms with E-state index in [4.69, 9.17) is 14.2 Å². The van der Waals surface area contributed by atoms with Crippen LogP contribution in [-0.4, -0.2) is 45.0 Å². The Bertz CT molecular complexity index is 451. The summed E-state index contributed by atoms with van der Waals surface area (Å²) in [5, 5.41) is 3.47. The standard InChI is InChI=1S/C16H26N2O3/c1-4-7-18(5-2)8-6-17-11-13-9-14(19-3)16-15(10-13)20-12-21-16/h9-10,17H,4-8,11-12H2,1-3H3. The molecule has 21 heavy (non-hydrogen) atoms. The van der Waals surface area contributed by atoms with Crippen LogP contribution in [0, 0.1) is 0 Å². The molecule has 0 aromatic heterocycles. The van der Waals surface area contributed by atoms with Gasteiger partial charge in [-0.2, -0.15) is 0 Å². The molecule has 118 valence electrons. The van der Waals surface area contributed by atoms with E-state index < -0.39 is 0 Å². The zero-order valence-electron chi connectivity index (χ0n) is 13.3. The highest BCUT2D eigenvalue weighted by Crippen LogP contribution is 2.41. The molecule has 0 saturated carbocycles. The summed E-state index contributed by atoms with van der Waals surface area (Å²) in [6.07, 6.45) is 1.20. The Morgan fingerprint density at radius 1 is 1.24 bits per heavy atom. The van der Waals surface area contributed by atoms with Gasteiger partial charge in [0.05, 0.1) is 7.11 Å². The number of benzene rings is 1. The summed E-state index contributed by atoms with van der Waals surface area (Å²) in [7, 11) is 1.65. The lowest BCUT2D eigenvalue weighted by Gasteiger charge is -2.19. The van der Waals surface area contributed by atoms with Gasteiger partial charge >= 0.3 is 0 Å². The van der Waals surface area contributed by atoms with E-state index in [0.717, 1.165) is 49.8 Å². The molecule has 0 atom stereocenters. The third kappa shape index (κ3) is 4.25. The van der Waals surface area contributed by atoms with Gasteiger partial charge in [0, 0.05) is 19.6 Å². The number of nitrogens with one attached hydrogen (secondary N) is 1. The second kappa shape index (κ2) is 8.10. The number of fused-ring (bicyclic) bond motifs is 1. The lowest BCUT2D eigenvalue weighted by atomic mass is 10.2. The summed E-state index contributed by atoms with van der Waals surface area (Å²) >= 11 is 0. The maximum absolute atomic E-state index is 5.44. The number of hydrogen-bond donors (Lipinski definition) is 1. The van der Waals surface area contributed by atoms with Crippen molar-refractivity contribution < 1.29 is 14.2 Å². The molecule has 0 unspecified atom stereocenters. The minimum atomic E-state index is 0.269. The minimum absolute atomic E-state index is 0.269. The molecule has 0 bridgehead atoms. The summed E-state index contributed by atoms with van der Waals surface area (Å²) in [6.45, 7) is 9.81. The Morgan fingerprint density at radius 3 is 2.81 bits per heavy atom. The van der Waals surface area contributed by atoms with Gasteiger partial charge in [0.15, 0.2) is 11.5 Å². The van der Waals surface area contributed by atoms with Gasteiger partial charge in [-0.05, 0) is 37.2 Å². The predicted molar refractivity (Wildman–Crippen MR) is 83.2 cm³/mol. The number of nitrogens with zero attached hydrogens (tertiary/aromatic N) is 1. The summed E-state index contributed by atoms with van der Waals surface area (Å²) in [4.78, 5) is 2.45. The highest BCUT2D eigenvalue weighted by molar-refractivity contribution is 5.55. The molecule has 5 heteroatoms. The van der Waals surface area contributed by atoms with Crippen LogP contribution in [0.2, 0.25) is 0 Å². The molecule has 1 N–H and O–H groups in total. The molecule has 1 aromatic carbocycles. The Labute approximate surface area is 127 Å². The quantitative estimate of drug-likeness (QED) is 0.708. The summed E-state index contributed by atoms with van der Waals surface area (Å²) in [5.74, 6) is 2.22. The molecule has 0 saturated heterocycles. The second-order valence-electron chi connectivity index (χ2n) is 5.14. The smallest absolute Gasteiger partial charge is 0.231 e. The van der Waals surface area contributed by atoms with Crippen LogP contribution in [0.1, 0.15) is 25.8 Å². The maximum Gasteiger partial charge on any atom is 0.231 e. The fraction of sp³-hybridized carbons (Fsp3) is 0.625. The molecule has 0 radical (unpaired) electrons. The Hall–Kier alpha value is -1.46. The molecular weight excluding hydrogens is 268 g/mol. The second-order valence-corrected chi connectivity index (χ2v) is 5.14. The van der Waals surface area contributed by atoms with Gasteiger partial charge in [-0.15, -0.1) is 0 Å². The van der Waals surface area contributed by atoms with E-state index in [9.17, 15) is 0 Å². The monoisotopic (exact) mass is 294 g/mol. The van der Waals surface area contributed by atoms with Crippen LogP contribution in [0.15, 0.2) is 12.1 Å². The number of rotatable bonds is 9. The third-order valence-electron chi connectivity index (χ3n) is 3.64. The van der Waals surface area contributed by atoms with Crippen molar-refractivity contribution in [2.75, 3.05) is 40.1 Å². The Kier molecular flexibility index (Phi) is 6.14. The number of ether oxygens (including phenoxy) is 3. The Balaban J connectivity index is 1.83. The van der Waals surface area contributed by atoms with Crippen LogP contribution >= 0.6 is 0 Å². The maximum atomic E-state index is 5.44. The first kappa shape index (κ1) is 15.9. The van der Waals surface area contributed by atoms with E-state index in [1.54, 1.807) is 7.11 Å². The lowest BCUT2D eigenvalue weighted by Crippen LogP contribution is -2.32. The topological polar surface area (TPSA) is 43.0 Å². The van der Waals surface area contributed by atoms with E-state index in [0.29, 0.717) is 5.75 Å². The molecule has 1 heterocycles. The molecule has 0 aliphatic carbocycles. The SMILES string of the molecule is CCCN(CC)CCNCc1cc(OC)c2c(c1)OCO2. The van der Waals surface area contributed by atoms with E-state index in [1.807, 2.05) is 12.1 Å². The van der Waals surface area contributed by atoms with E-state index in [-0.39, 0.29) is 6.79 Å². The van der Waals surface area contributed by atoms with Gasteiger partial charge in [0.2, 0.25) is 12.5 Å². The zero-order valence-corrected chi connectivity index (χ0v) is 13.3. The predicted octanol–water partition coefficient (Wildman–Crippen LogP) is 2.25. The lowest BCUT2D eigenvalue weighted by molar-refractivity contribution is 0.171. The number of hydrogen-bond acceptors (Lipinski definition) is 5. The van der Waals surface area contributed by atoms with E-state index in [1.165, 1.54) is 6.42 Å². The molecular formula is C16H26N2O3. The third-order valence-corrected chi connectivity index (χ3v) is 3.64. The first-order chi connectivity index (χ1) is 10.3. The van der Waals surface area contributed by atoms with Crippen molar-refractivity contribution in [2.24, 2.45) is 0 Å². The molecule has 0 spiro atoms. The van der Waals surface area contributed by atoms with E-state index in [2.05, 4.69) is 24.1 Å².